The van der Waals surface area contributed by atoms with Crippen molar-refractivity contribution in [1.82, 2.24) is 0 Å². The highest BCUT2D eigenvalue weighted by Gasteiger charge is 2.18. The average Bonchev–Trinajstić information content (AvgIpc) is 2.58. The van der Waals surface area contributed by atoms with Gasteiger partial charge >= 0.3 is 0 Å². The van der Waals surface area contributed by atoms with Gasteiger partial charge in [0, 0.05) is 5.92 Å². The zero-order valence-corrected chi connectivity index (χ0v) is 15.3. The van der Waals surface area contributed by atoms with Crippen molar-refractivity contribution in [3.8, 4) is 11.5 Å². The minimum Gasteiger partial charge on any atom is -0.493 e. The first-order valence-electron chi connectivity index (χ1n) is 8.66. The van der Waals surface area contributed by atoms with E-state index in [1.807, 2.05) is 12.1 Å². The van der Waals surface area contributed by atoms with Crippen molar-refractivity contribution in [1.29, 1.82) is 0 Å². The van der Waals surface area contributed by atoms with Crippen molar-refractivity contribution < 1.29 is 9.47 Å². The molecule has 1 unspecified atom stereocenters. The smallest absolute Gasteiger partial charge is 0.164 e. The van der Waals surface area contributed by atoms with Gasteiger partial charge in [-0.2, -0.15) is 0 Å². The Labute approximate surface area is 145 Å². The molecule has 0 fully saturated rings. The highest BCUT2D eigenvalue weighted by molar-refractivity contribution is 5.48. The fourth-order valence-electron chi connectivity index (χ4n) is 3.12. The van der Waals surface area contributed by atoms with E-state index in [1.54, 1.807) is 7.11 Å². The third kappa shape index (κ3) is 4.30. The Hall–Kier alpha value is -2.00. The zero-order chi connectivity index (χ0) is 17.5. The van der Waals surface area contributed by atoms with Crippen molar-refractivity contribution in [2.75, 3.05) is 20.3 Å². The molecular formula is C21H29NO2. The summed E-state index contributed by atoms with van der Waals surface area (Å²) in [7, 11) is 1.68. The lowest BCUT2D eigenvalue weighted by atomic mass is 9.88. The molecule has 130 valence electrons. The summed E-state index contributed by atoms with van der Waals surface area (Å²) in [6, 6.07) is 12.7. The van der Waals surface area contributed by atoms with Gasteiger partial charge in [0.25, 0.3) is 0 Å². The molecule has 0 radical (unpaired) electrons. The van der Waals surface area contributed by atoms with E-state index in [2.05, 4.69) is 45.0 Å². The SMILES string of the molecule is CCCOc1c(CC(CN)c2ccc(C)cc2C)cccc1OC. The van der Waals surface area contributed by atoms with Crippen molar-refractivity contribution >= 4 is 0 Å². The molecule has 0 amide bonds. The van der Waals surface area contributed by atoms with Crippen LogP contribution in [0.2, 0.25) is 0 Å². The Kier molecular flexibility index (Phi) is 6.68. The molecule has 0 bridgehead atoms. The molecule has 0 saturated carbocycles. The van der Waals surface area contributed by atoms with Crippen LogP contribution >= 0.6 is 0 Å². The Morgan fingerprint density at radius 3 is 2.54 bits per heavy atom. The first-order valence-corrected chi connectivity index (χ1v) is 8.66. The van der Waals surface area contributed by atoms with Gasteiger partial charge in [0.15, 0.2) is 11.5 Å². The minimum atomic E-state index is 0.265. The second-order valence-corrected chi connectivity index (χ2v) is 6.29. The summed E-state index contributed by atoms with van der Waals surface area (Å²) in [5.41, 5.74) is 11.1. The van der Waals surface area contributed by atoms with Gasteiger partial charge in [-0.25, -0.2) is 0 Å². The van der Waals surface area contributed by atoms with Crippen molar-refractivity contribution in [3.63, 3.8) is 0 Å². The van der Waals surface area contributed by atoms with E-state index in [1.165, 1.54) is 16.7 Å². The van der Waals surface area contributed by atoms with Crippen molar-refractivity contribution in [2.24, 2.45) is 5.73 Å². The Balaban J connectivity index is 2.33. The molecule has 2 N–H and O–H groups in total. The van der Waals surface area contributed by atoms with Crippen molar-refractivity contribution in [2.45, 2.75) is 39.5 Å². The van der Waals surface area contributed by atoms with Crippen molar-refractivity contribution in [3.05, 3.63) is 58.7 Å². The van der Waals surface area contributed by atoms with E-state index in [0.29, 0.717) is 13.2 Å². The molecule has 0 saturated heterocycles. The summed E-state index contributed by atoms with van der Waals surface area (Å²) >= 11 is 0. The number of nitrogens with two attached hydrogens (primary N) is 1. The largest absolute Gasteiger partial charge is 0.493 e. The lowest BCUT2D eigenvalue weighted by Crippen LogP contribution is -2.17. The number of aryl methyl sites for hydroxylation is 2. The predicted octanol–water partition coefficient (Wildman–Crippen LogP) is 4.39. The first kappa shape index (κ1) is 18.3. The standard InChI is InChI=1S/C21H29NO2/c1-5-11-24-21-17(7-6-8-20(21)23-4)13-18(14-22)19-10-9-15(2)12-16(19)3/h6-10,12,18H,5,11,13-14,22H2,1-4H3. The van der Waals surface area contributed by atoms with Gasteiger partial charge in [-0.05, 0) is 56.0 Å². The maximum Gasteiger partial charge on any atom is 0.164 e. The number of para-hydroxylation sites is 1. The van der Waals surface area contributed by atoms with Gasteiger partial charge in [-0.3, -0.25) is 0 Å². The molecule has 0 aliphatic heterocycles. The minimum absolute atomic E-state index is 0.265. The molecule has 3 nitrogen and oxygen atoms in total. The first-order chi connectivity index (χ1) is 11.6. The monoisotopic (exact) mass is 327 g/mol. The van der Waals surface area contributed by atoms with Gasteiger partial charge < -0.3 is 15.2 Å². The third-order valence-corrected chi connectivity index (χ3v) is 4.35. The summed E-state index contributed by atoms with van der Waals surface area (Å²) in [4.78, 5) is 0. The summed E-state index contributed by atoms with van der Waals surface area (Å²) in [6.45, 7) is 7.67. The Bertz CT molecular complexity index is 667. The summed E-state index contributed by atoms with van der Waals surface area (Å²) in [5, 5.41) is 0. The van der Waals surface area contributed by atoms with Crippen LogP contribution in [0.3, 0.4) is 0 Å². The van der Waals surface area contributed by atoms with Gasteiger partial charge in [-0.1, -0.05) is 42.8 Å². The second kappa shape index (κ2) is 8.74. The van der Waals surface area contributed by atoms with Crippen LogP contribution in [0.5, 0.6) is 11.5 Å². The van der Waals surface area contributed by atoms with E-state index in [0.717, 1.165) is 29.9 Å². The lowest BCUT2D eigenvalue weighted by molar-refractivity contribution is 0.290. The average molecular weight is 327 g/mol. The van der Waals surface area contributed by atoms with Crippen LogP contribution in [0.4, 0.5) is 0 Å². The molecule has 1 atom stereocenters. The molecule has 0 spiro atoms. The van der Waals surface area contributed by atoms with Gasteiger partial charge in [0.1, 0.15) is 0 Å². The zero-order valence-electron chi connectivity index (χ0n) is 15.3. The highest BCUT2D eigenvalue weighted by atomic mass is 16.5. The van der Waals surface area contributed by atoms with Crippen LogP contribution in [-0.4, -0.2) is 20.3 Å². The summed E-state index contributed by atoms with van der Waals surface area (Å²) < 4.78 is 11.5. The molecule has 0 aliphatic rings. The fourth-order valence-corrected chi connectivity index (χ4v) is 3.12. The highest BCUT2D eigenvalue weighted by Crippen LogP contribution is 2.35. The van der Waals surface area contributed by atoms with E-state index >= 15 is 0 Å². The third-order valence-electron chi connectivity index (χ3n) is 4.35. The quantitative estimate of drug-likeness (QED) is 0.782. The maximum atomic E-state index is 6.11. The summed E-state index contributed by atoms with van der Waals surface area (Å²) in [5.74, 6) is 1.91. The number of methoxy groups -OCH3 is 1. The number of rotatable bonds is 8. The lowest BCUT2D eigenvalue weighted by Gasteiger charge is -2.21. The molecular weight excluding hydrogens is 298 g/mol. The Morgan fingerprint density at radius 2 is 1.92 bits per heavy atom. The van der Waals surface area contributed by atoms with Gasteiger partial charge in [0.05, 0.1) is 13.7 Å². The number of benzene rings is 2. The molecule has 3 heteroatoms. The molecule has 0 aromatic heterocycles. The van der Waals surface area contributed by atoms with Crippen LogP contribution in [0, 0.1) is 13.8 Å². The molecule has 2 aromatic rings. The second-order valence-electron chi connectivity index (χ2n) is 6.29. The van der Waals surface area contributed by atoms with E-state index < -0.39 is 0 Å². The maximum absolute atomic E-state index is 6.11. The number of hydrogen-bond acceptors (Lipinski definition) is 3. The van der Waals surface area contributed by atoms with Crippen LogP contribution in [0.25, 0.3) is 0 Å². The van der Waals surface area contributed by atoms with Crippen LogP contribution < -0.4 is 15.2 Å². The van der Waals surface area contributed by atoms with Crippen LogP contribution in [0.15, 0.2) is 36.4 Å². The normalized spacial score (nSPS) is 12.0. The van der Waals surface area contributed by atoms with Gasteiger partial charge in [0.2, 0.25) is 0 Å². The topological polar surface area (TPSA) is 44.5 Å². The van der Waals surface area contributed by atoms with Crippen LogP contribution in [-0.2, 0) is 6.42 Å². The van der Waals surface area contributed by atoms with E-state index in [-0.39, 0.29) is 5.92 Å². The molecule has 2 rings (SSSR count). The molecule has 24 heavy (non-hydrogen) atoms. The van der Waals surface area contributed by atoms with E-state index in [4.69, 9.17) is 15.2 Å². The molecule has 0 heterocycles. The Morgan fingerprint density at radius 1 is 1.12 bits per heavy atom. The number of ether oxygens (including phenoxy) is 2. The van der Waals surface area contributed by atoms with Gasteiger partial charge in [-0.15, -0.1) is 0 Å². The predicted molar refractivity (Wildman–Crippen MR) is 100 cm³/mol. The summed E-state index contributed by atoms with van der Waals surface area (Å²) in [6.07, 6.45) is 1.81. The molecule has 2 aromatic carbocycles. The number of hydrogen-bond donors (Lipinski definition) is 1. The fraction of sp³-hybridized carbons (Fsp3) is 0.429. The van der Waals surface area contributed by atoms with E-state index in [9.17, 15) is 0 Å². The van der Waals surface area contributed by atoms with Crippen LogP contribution in [0.1, 0.15) is 41.5 Å². The molecule has 0 aliphatic carbocycles.